The molecule has 0 spiro atoms. The van der Waals surface area contributed by atoms with E-state index >= 15 is 0 Å². The molecule has 1 aliphatic carbocycles. The van der Waals surface area contributed by atoms with E-state index < -0.39 is 12.1 Å². The highest BCUT2D eigenvalue weighted by Gasteiger charge is 2.28. The van der Waals surface area contributed by atoms with Gasteiger partial charge in [0.2, 0.25) is 11.8 Å². The zero-order valence-electron chi connectivity index (χ0n) is 11.5. The van der Waals surface area contributed by atoms with E-state index in [1.807, 2.05) is 0 Å². The Kier molecular flexibility index (Phi) is 4.54. The van der Waals surface area contributed by atoms with Crippen LogP contribution < -0.4 is 10.6 Å². The Bertz CT molecular complexity index is 484. The lowest BCUT2D eigenvalue weighted by molar-refractivity contribution is -0.122. The van der Waals surface area contributed by atoms with E-state index in [9.17, 15) is 9.59 Å². The highest BCUT2D eigenvalue weighted by Crippen LogP contribution is 2.38. The van der Waals surface area contributed by atoms with Crippen molar-refractivity contribution in [2.75, 3.05) is 13.7 Å². The Morgan fingerprint density at radius 2 is 2.25 bits per heavy atom. The Morgan fingerprint density at radius 1 is 1.50 bits per heavy atom. The van der Waals surface area contributed by atoms with Gasteiger partial charge in [0.15, 0.2) is 5.82 Å². The second-order valence-corrected chi connectivity index (χ2v) is 4.72. The molecule has 1 aliphatic rings. The van der Waals surface area contributed by atoms with Crippen molar-refractivity contribution >= 4 is 12.0 Å². The molecular formula is C12H18N4O4. The first-order valence-electron chi connectivity index (χ1n) is 6.55. The molecule has 0 aliphatic heterocycles. The van der Waals surface area contributed by atoms with Gasteiger partial charge in [-0.2, -0.15) is 4.98 Å². The first-order valence-corrected chi connectivity index (χ1v) is 6.55. The normalized spacial score (nSPS) is 15.5. The quantitative estimate of drug-likeness (QED) is 0.779. The summed E-state index contributed by atoms with van der Waals surface area (Å²) in [6, 6.07) is -0.660. The van der Waals surface area contributed by atoms with Gasteiger partial charge in [-0.25, -0.2) is 4.79 Å². The molecule has 0 saturated heterocycles. The van der Waals surface area contributed by atoms with Gasteiger partial charge in [-0.1, -0.05) is 5.16 Å². The van der Waals surface area contributed by atoms with Crippen LogP contribution in [0, 0.1) is 0 Å². The molecule has 1 fully saturated rings. The molecule has 8 nitrogen and oxygen atoms in total. The van der Waals surface area contributed by atoms with Crippen LogP contribution in [0.15, 0.2) is 4.52 Å². The van der Waals surface area contributed by atoms with Crippen molar-refractivity contribution in [3.63, 3.8) is 0 Å². The molecule has 1 atom stereocenters. The molecule has 0 bridgehead atoms. The number of nitrogens with one attached hydrogen (secondary N) is 2. The third kappa shape index (κ3) is 3.94. The Morgan fingerprint density at radius 3 is 2.90 bits per heavy atom. The maximum Gasteiger partial charge on any atom is 0.407 e. The second kappa shape index (κ2) is 6.36. The number of carbonyl (C=O) groups excluding carboxylic acids is 2. The standard InChI is InChI=1S/C12H18N4O4/c1-7(14-12(18)19-2)11(17)13-6-5-9-15-10(16-20-9)8-3-4-8/h7-8H,3-6H2,1-2H3,(H,13,17)(H,14,18)/t7-/m1/s1. The number of nitrogens with zero attached hydrogens (tertiary/aromatic N) is 2. The van der Waals surface area contributed by atoms with Crippen LogP contribution in [-0.4, -0.2) is 41.8 Å². The summed E-state index contributed by atoms with van der Waals surface area (Å²) in [5.41, 5.74) is 0. The lowest BCUT2D eigenvalue weighted by atomic mass is 10.3. The molecule has 1 aromatic heterocycles. The Labute approximate surface area is 116 Å². The number of hydrogen-bond acceptors (Lipinski definition) is 6. The zero-order valence-corrected chi connectivity index (χ0v) is 11.5. The van der Waals surface area contributed by atoms with Crippen LogP contribution in [0.2, 0.25) is 0 Å². The molecule has 1 saturated carbocycles. The van der Waals surface area contributed by atoms with Gasteiger partial charge < -0.3 is 19.9 Å². The van der Waals surface area contributed by atoms with Crippen molar-refractivity contribution in [1.29, 1.82) is 0 Å². The summed E-state index contributed by atoms with van der Waals surface area (Å²) in [5.74, 6) is 1.43. The average molecular weight is 282 g/mol. The highest BCUT2D eigenvalue weighted by atomic mass is 16.5. The zero-order chi connectivity index (χ0) is 14.5. The minimum absolute atomic E-state index is 0.294. The summed E-state index contributed by atoms with van der Waals surface area (Å²) in [5, 5.41) is 8.95. The molecule has 0 unspecified atom stereocenters. The highest BCUT2D eigenvalue weighted by molar-refractivity contribution is 5.85. The fourth-order valence-corrected chi connectivity index (χ4v) is 1.62. The minimum Gasteiger partial charge on any atom is -0.453 e. The molecule has 8 heteroatoms. The van der Waals surface area contributed by atoms with Gasteiger partial charge in [0.25, 0.3) is 0 Å². The number of carbonyl (C=O) groups is 2. The fraction of sp³-hybridized carbons (Fsp3) is 0.667. The number of rotatable bonds is 6. The van der Waals surface area contributed by atoms with Crippen LogP contribution in [0.3, 0.4) is 0 Å². The fourth-order valence-electron chi connectivity index (χ4n) is 1.62. The molecule has 1 aromatic rings. The van der Waals surface area contributed by atoms with Crippen LogP contribution in [0.25, 0.3) is 0 Å². The van der Waals surface area contributed by atoms with Gasteiger partial charge >= 0.3 is 6.09 Å². The Balaban J connectivity index is 1.68. The summed E-state index contributed by atoms with van der Waals surface area (Å²) in [7, 11) is 1.24. The molecule has 20 heavy (non-hydrogen) atoms. The molecule has 110 valence electrons. The van der Waals surface area contributed by atoms with E-state index in [4.69, 9.17) is 4.52 Å². The topological polar surface area (TPSA) is 106 Å². The molecule has 0 aromatic carbocycles. The summed E-state index contributed by atoms with van der Waals surface area (Å²) >= 11 is 0. The number of methoxy groups -OCH3 is 1. The van der Waals surface area contributed by atoms with Crippen molar-refractivity contribution < 1.29 is 18.8 Å². The first kappa shape index (κ1) is 14.3. The van der Waals surface area contributed by atoms with E-state index in [0.29, 0.717) is 24.8 Å². The van der Waals surface area contributed by atoms with Gasteiger partial charge in [-0.15, -0.1) is 0 Å². The van der Waals surface area contributed by atoms with Crippen molar-refractivity contribution in [3.8, 4) is 0 Å². The largest absolute Gasteiger partial charge is 0.453 e. The summed E-state index contributed by atoms with van der Waals surface area (Å²) in [4.78, 5) is 26.9. The average Bonchev–Trinajstić information content (AvgIpc) is 3.18. The summed E-state index contributed by atoms with van der Waals surface area (Å²) in [6.45, 7) is 1.95. The van der Waals surface area contributed by atoms with Crippen LogP contribution in [-0.2, 0) is 16.0 Å². The molecule has 0 radical (unpaired) electrons. The molecule has 2 N–H and O–H groups in total. The third-order valence-corrected chi connectivity index (χ3v) is 2.98. The summed E-state index contributed by atoms with van der Waals surface area (Å²) < 4.78 is 9.50. The third-order valence-electron chi connectivity index (χ3n) is 2.98. The number of aromatic nitrogens is 2. The summed E-state index contributed by atoms with van der Waals surface area (Å²) in [6.07, 6.45) is 2.06. The lowest BCUT2D eigenvalue weighted by Crippen LogP contribution is -2.45. The van der Waals surface area contributed by atoms with Gasteiger partial charge in [-0.05, 0) is 19.8 Å². The predicted molar refractivity (Wildman–Crippen MR) is 68.0 cm³/mol. The van der Waals surface area contributed by atoms with Crippen molar-refractivity contribution in [2.24, 2.45) is 0 Å². The SMILES string of the molecule is COC(=O)N[C@H](C)C(=O)NCCc1nc(C2CC2)no1. The number of hydrogen-bond donors (Lipinski definition) is 2. The van der Waals surface area contributed by atoms with Crippen molar-refractivity contribution in [1.82, 2.24) is 20.8 Å². The maximum atomic E-state index is 11.7. The van der Waals surface area contributed by atoms with Crippen molar-refractivity contribution in [3.05, 3.63) is 11.7 Å². The van der Waals surface area contributed by atoms with E-state index in [0.717, 1.165) is 18.7 Å². The molecule has 2 rings (SSSR count). The van der Waals surface area contributed by atoms with E-state index in [1.165, 1.54) is 7.11 Å². The van der Waals surface area contributed by atoms with E-state index in [2.05, 4.69) is 25.5 Å². The van der Waals surface area contributed by atoms with Gasteiger partial charge in [0, 0.05) is 18.9 Å². The molecular weight excluding hydrogens is 264 g/mol. The van der Waals surface area contributed by atoms with Gasteiger partial charge in [0.1, 0.15) is 6.04 Å². The Hall–Kier alpha value is -2.12. The van der Waals surface area contributed by atoms with E-state index in [1.54, 1.807) is 6.92 Å². The van der Waals surface area contributed by atoms with Crippen LogP contribution in [0.5, 0.6) is 0 Å². The molecule has 2 amide bonds. The number of ether oxygens (including phenoxy) is 1. The minimum atomic E-state index is -0.660. The van der Waals surface area contributed by atoms with Gasteiger partial charge in [-0.3, -0.25) is 4.79 Å². The lowest BCUT2D eigenvalue weighted by Gasteiger charge is -2.12. The number of amides is 2. The van der Waals surface area contributed by atoms with Crippen LogP contribution in [0.4, 0.5) is 4.79 Å². The van der Waals surface area contributed by atoms with Gasteiger partial charge in [0.05, 0.1) is 7.11 Å². The maximum absolute atomic E-state index is 11.7. The first-order chi connectivity index (χ1) is 9.60. The number of alkyl carbamates (subject to hydrolysis) is 1. The van der Waals surface area contributed by atoms with Crippen molar-refractivity contribution in [2.45, 2.75) is 38.1 Å². The second-order valence-electron chi connectivity index (χ2n) is 4.72. The van der Waals surface area contributed by atoms with Crippen LogP contribution in [0.1, 0.15) is 37.4 Å². The smallest absolute Gasteiger partial charge is 0.407 e. The van der Waals surface area contributed by atoms with Crippen LogP contribution >= 0.6 is 0 Å². The monoisotopic (exact) mass is 282 g/mol. The molecule has 1 heterocycles. The predicted octanol–water partition coefficient (Wildman–Crippen LogP) is 0.350. The van der Waals surface area contributed by atoms with E-state index in [-0.39, 0.29) is 5.91 Å².